The van der Waals surface area contributed by atoms with Crippen molar-refractivity contribution in [2.24, 2.45) is 0 Å². The van der Waals surface area contributed by atoms with Crippen molar-refractivity contribution in [1.29, 1.82) is 0 Å². The van der Waals surface area contributed by atoms with Crippen LogP contribution in [0.15, 0.2) is 59.5 Å². The van der Waals surface area contributed by atoms with Gasteiger partial charge in [0.05, 0.1) is 16.2 Å². The lowest BCUT2D eigenvalue weighted by Gasteiger charge is -2.35. The van der Waals surface area contributed by atoms with E-state index < -0.39 is 15.1 Å². The van der Waals surface area contributed by atoms with E-state index in [1.165, 1.54) is 12.1 Å². The van der Waals surface area contributed by atoms with E-state index in [0.717, 1.165) is 0 Å². The van der Waals surface area contributed by atoms with E-state index in [0.29, 0.717) is 36.4 Å². The van der Waals surface area contributed by atoms with Crippen LogP contribution in [0.25, 0.3) is 0 Å². The zero-order chi connectivity index (χ0) is 18.7. The summed E-state index contributed by atoms with van der Waals surface area (Å²) in [7, 11) is -3.33. The molecule has 1 saturated heterocycles. The molecule has 1 aliphatic rings. The number of benzene rings is 2. The Morgan fingerprint density at radius 2 is 1.62 bits per heavy atom. The van der Waals surface area contributed by atoms with Crippen LogP contribution in [0.3, 0.4) is 0 Å². The van der Waals surface area contributed by atoms with E-state index in [-0.39, 0.29) is 17.6 Å². The first kappa shape index (κ1) is 18.6. The molecule has 1 atom stereocenters. The lowest BCUT2D eigenvalue weighted by molar-refractivity contribution is 0.0810. The second kappa shape index (κ2) is 7.60. The molecule has 0 saturated carbocycles. The van der Waals surface area contributed by atoms with Gasteiger partial charge in [-0.25, -0.2) is 8.42 Å². The first-order valence-corrected chi connectivity index (χ1v) is 10.3. The monoisotopic (exact) mass is 373 g/mol. The second-order valence-electron chi connectivity index (χ2n) is 6.68. The summed E-state index contributed by atoms with van der Waals surface area (Å²) < 4.78 is 25.5. The van der Waals surface area contributed by atoms with Crippen molar-refractivity contribution in [2.75, 3.05) is 13.1 Å². The standard InChI is InChI=1S/C20H23NO4S/c1-15(20(23)16-7-9-17(22)10-8-16)21-13-11-19(12-14-21)26(24,25)18-5-3-2-4-6-18/h2-10,15,19,22H,11-14H2,1H3. The largest absolute Gasteiger partial charge is 0.508 e. The number of carbonyl (C=O) groups is 1. The first-order chi connectivity index (χ1) is 12.4. The number of rotatable bonds is 5. The van der Waals surface area contributed by atoms with Gasteiger partial charge in [-0.15, -0.1) is 0 Å². The lowest BCUT2D eigenvalue weighted by Crippen LogP contribution is -2.46. The number of piperidine rings is 1. The maximum Gasteiger partial charge on any atom is 0.181 e. The van der Waals surface area contributed by atoms with Gasteiger partial charge >= 0.3 is 0 Å². The molecule has 1 fully saturated rings. The number of phenols is 1. The van der Waals surface area contributed by atoms with Gasteiger partial charge in [-0.3, -0.25) is 9.69 Å². The fourth-order valence-electron chi connectivity index (χ4n) is 3.41. The minimum atomic E-state index is -3.33. The molecule has 1 N–H and O–H groups in total. The minimum Gasteiger partial charge on any atom is -0.508 e. The van der Waals surface area contributed by atoms with Crippen molar-refractivity contribution in [3.05, 3.63) is 60.2 Å². The van der Waals surface area contributed by atoms with Crippen LogP contribution in [-0.2, 0) is 9.84 Å². The van der Waals surface area contributed by atoms with Crippen molar-refractivity contribution in [3.8, 4) is 5.75 Å². The summed E-state index contributed by atoms with van der Waals surface area (Å²) in [6, 6.07) is 14.5. The van der Waals surface area contributed by atoms with Gasteiger partial charge in [0, 0.05) is 18.7 Å². The molecule has 1 aliphatic heterocycles. The number of phenolic OH excluding ortho intramolecular Hbond substituents is 1. The molecule has 0 aromatic heterocycles. The Bertz CT molecular complexity index is 854. The van der Waals surface area contributed by atoms with Crippen LogP contribution in [0.1, 0.15) is 30.1 Å². The minimum absolute atomic E-state index is 0.0191. The number of Topliss-reactive ketones (excluding diaryl/α,β-unsaturated/α-hetero) is 1. The van der Waals surface area contributed by atoms with Crippen molar-refractivity contribution in [1.82, 2.24) is 4.90 Å². The van der Waals surface area contributed by atoms with Crippen molar-refractivity contribution >= 4 is 15.6 Å². The van der Waals surface area contributed by atoms with Crippen LogP contribution >= 0.6 is 0 Å². The molecule has 3 rings (SSSR count). The highest BCUT2D eigenvalue weighted by molar-refractivity contribution is 7.92. The molecular formula is C20H23NO4S. The zero-order valence-corrected chi connectivity index (χ0v) is 15.5. The summed E-state index contributed by atoms with van der Waals surface area (Å²) in [5.74, 6) is 0.107. The smallest absolute Gasteiger partial charge is 0.181 e. The number of sulfone groups is 1. The number of carbonyl (C=O) groups excluding carboxylic acids is 1. The maximum atomic E-state index is 12.7. The molecule has 0 spiro atoms. The second-order valence-corrected chi connectivity index (χ2v) is 8.91. The van der Waals surface area contributed by atoms with Crippen LogP contribution in [0, 0.1) is 0 Å². The highest BCUT2D eigenvalue weighted by Gasteiger charge is 2.34. The van der Waals surface area contributed by atoms with E-state index in [2.05, 4.69) is 0 Å². The third-order valence-corrected chi connectivity index (χ3v) is 7.34. The fourth-order valence-corrected chi connectivity index (χ4v) is 5.16. The Morgan fingerprint density at radius 3 is 2.19 bits per heavy atom. The third kappa shape index (κ3) is 3.81. The average molecular weight is 373 g/mol. The summed E-state index contributed by atoms with van der Waals surface area (Å²) in [5.41, 5.74) is 0.550. The van der Waals surface area contributed by atoms with E-state index in [4.69, 9.17) is 0 Å². The van der Waals surface area contributed by atoms with Gasteiger partial charge in [-0.1, -0.05) is 18.2 Å². The first-order valence-electron chi connectivity index (χ1n) is 8.76. The zero-order valence-electron chi connectivity index (χ0n) is 14.7. The SMILES string of the molecule is CC(C(=O)c1ccc(O)cc1)N1CCC(S(=O)(=O)c2ccccc2)CC1. The number of ketones is 1. The van der Waals surface area contributed by atoms with Gasteiger partial charge in [-0.2, -0.15) is 0 Å². The van der Waals surface area contributed by atoms with Crippen molar-refractivity contribution < 1.29 is 18.3 Å². The normalized spacial score (nSPS) is 17.7. The van der Waals surface area contributed by atoms with E-state index in [9.17, 15) is 18.3 Å². The number of hydrogen-bond donors (Lipinski definition) is 1. The van der Waals surface area contributed by atoms with E-state index >= 15 is 0 Å². The van der Waals surface area contributed by atoms with Gasteiger partial charge in [0.1, 0.15) is 5.75 Å². The van der Waals surface area contributed by atoms with Gasteiger partial charge in [0.2, 0.25) is 0 Å². The van der Waals surface area contributed by atoms with Crippen LogP contribution < -0.4 is 0 Å². The highest BCUT2D eigenvalue weighted by atomic mass is 32.2. The summed E-state index contributed by atoms with van der Waals surface area (Å²) >= 11 is 0. The molecule has 0 radical (unpaired) electrons. The summed E-state index contributed by atoms with van der Waals surface area (Å²) in [4.78, 5) is 15.0. The molecule has 0 amide bonds. The number of aromatic hydroxyl groups is 1. The van der Waals surface area contributed by atoms with E-state index in [1.807, 2.05) is 11.8 Å². The van der Waals surface area contributed by atoms with E-state index in [1.54, 1.807) is 42.5 Å². The Balaban J connectivity index is 1.64. The molecule has 0 aliphatic carbocycles. The lowest BCUT2D eigenvalue weighted by atomic mass is 10.0. The molecule has 26 heavy (non-hydrogen) atoms. The van der Waals surface area contributed by atoms with Crippen LogP contribution in [-0.4, -0.2) is 48.6 Å². The number of nitrogens with zero attached hydrogens (tertiary/aromatic N) is 1. The Kier molecular flexibility index (Phi) is 5.44. The van der Waals surface area contributed by atoms with Gasteiger partial charge < -0.3 is 5.11 Å². The van der Waals surface area contributed by atoms with Gasteiger partial charge in [0.15, 0.2) is 15.6 Å². The molecule has 2 aromatic rings. The Morgan fingerprint density at radius 1 is 1.04 bits per heavy atom. The number of likely N-dealkylation sites (tertiary alicyclic amines) is 1. The predicted molar refractivity (Wildman–Crippen MR) is 100 cm³/mol. The Hall–Kier alpha value is -2.18. The summed E-state index contributed by atoms with van der Waals surface area (Å²) in [6.45, 7) is 2.99. The molecule has 2 aromatic carbocycles. The molecule has 6 heteroatoms. The quantitative estimate of drug-likeness (QED) is 0.816. The summed E-state index contributed by atoms with van der Waals surface area (Å²) in [6.07, 6.45) is 1.04. The summed E-state index contributed by atoms with van der Waals surface area (Å²) in [5, 5.41) is 8.94. The highest BCUT2D eigenvalue weighted by Crippen LogP contribution is 2.26. The maximum absolute atomic E-state index is 12.7. The third-order valence-electron chi connectivity index (χ3n) is 5.07. The average Bonchev–Trinajstić information content (AvgIpc) is 2.68. The Labute approximate surface area is 154 Å². The topological polar surface area (TPSA) is 74.7 Å². The van der Waals surface area contributed by atoms with Crippen molar-refractivity contribution in [2.45, 2.75) is 36.0 Å². The van der Waals surface area contributed by atoms with Crippen LogP contribution in [0.4, 0.5) is 0 Å². The fraction of sp³-hybridized carbons (Fsp3) is 0.350. The van der Waals surface area contributed by atoms with Gasteiger partial charge in [0.25, 0.3) is 0 Å². The predicted octanol–water partition coefficient (Wildman–Crippen LogP) is 2.90. The molecule has 0 bridgehead atoms. The van der Waals surface area contributed by atoms with Crippen LogP contribution in [0.2, 0.25) is 0 Å². The molecule has 5 nitrogen and oxygen atoms in total. The van der Waals surface area contributed by atoms with Gasteiger partial charge in [-0.05, 0) is 56.2 Å². The molecule has 1 heterocycles. The van der Waals surface area contributed by atoms with Crippen molar-refractivity contribution in [3.63, 3.8) is 0 Å². The molecular weight excluding hydrogens is 350 g/mol. The molecule has 1 unspecified atom stereocenters. The molecule has 138 valence electrons. The number of hydrogen-bond acceptors (Lipinski definition) is 5. The van der Waals surface area contributed by atoms with Crippen LogP contribution in [0.5, 0.6) is 5.75 Å².